The highest BCUT2D eigenvalue weighted by Gasteiger charge is 2.13. The van der Waals surface area contributed by atoms with Crippen molar-refractivity contribution in [2.45, 2.75) is 37.9 Å². The van der Waals surface area contributed by atoms with Gasteiger partial charge in [0.1, 0.15) is 5.82 Å². The topological polar surface area (TPSA) is 94.1 Å². The van der Waals surface area contributed by atoms with E-state index in [-0.39, 0.29) is 12.3 Å². The Balaban J connectivity index is 2.20. The number of hydrogen-bond acceptors (Lipinski definition) is 6. The fraction of sp³-hybridized carbons (Fsp3) is 0.467. The summed E-state index contributed by atoms with van der Waals surface area (Å²) in [5.41, 5.74) is 1.04. The normalized spacial score (nSPS) is 10.9. The predicted octanol–water partition coefficient (Wildman–Crippen LogP) is 2.66. The quantitative estimate of drug-likeness (QED) is 0.430. The van der Waals surface area contributed by atoms with Gasteiger partial charge in [0.25, 0.3) is 5.69 Å². The van der Waals surface area contributed by atoms with Gasteiger partial charge in [0, 0.05) is 24.3 Å². The minimum Gasteiger partial charge on any atom is -0.396 e. The number of rotatable bonds is 9. The number of aryl methyl sites for hydroxylation is 1. The predicted molar refractivity (Wildman–Crippen MR) is 88.6 cm³/mol. The lowest BCUT2D eigenvalue weighted by Gasteiger charge is -2.10. The molecule has 0 bridgehead atoms. The van der Waals surface area contributed by atoms with Crippen LogP contribution in [0, 0.1) is 10.1 Å². The number of nitro groups is 1. The van der Waals surface area contributed by atoms with E-state index < -0.39 is 4.92 Å². The molecule has 0 radical (unpaired) electrons. The molecule has 1 N–H and O–H groups in total. The third-order valence-electron chi connectivity index (χ3n) is 3.36. The van der Waals surface area contributed by atoms with Crippen LogP contribution in [0.4, 0.5) is 5.69 Å². The van der Waals surface area contributed by atoms with Gasteiger partial charge in [-0.1, -0.05) is 37.2 Å². The van der Waals surface area contributed by atoms with Crippen LogP contribution < -0.4 is 0 Å². The molecule has 0 saturated carbocycles. The number of nitrogens with zero attached hydrogens (tertiary/aromatic N) is 4. The molecule has 8 heteroatoms. The molecule has 0 aliphatic rings. The second-order valence-corrected chi connectivity index (χ2v) is 6.15. The van der Waals surface area contributed by atoms with Crippen LogP contribution in [0.2, 0.25) is 0 Å². The molecule has 0 aliphatic heterocycles. The van der Waals surface area contributed by atoms with Crippen LogP contribution in [-0.4, -0.2) is 37.2 Å². The van der Waals surface area contributed by atoms with Gasteiger partial charge >= 0.3 is 0 Å². The lowest BCUT2D eigenvalue weighted by molar-refractivity contribution is -0.384. The molecule has 0 aliphatic carbocycles. The van der Waals surface area contributed by atoms with E-state index in [1.165, 1.54) is 23.9 Å². The maximum Gasteiger partial charge on any atom is 0.269 e. The van der Waals surface area contributed by atoms with E-state index in [4.69, 9.17) is 5.11 Å². The van der Waals surface area contributed by atoms with E-state index in [1.54, 1.807) is 12.1 Å². The Morgan fingerprint density at radius 2 is 2.04 bits per heavy atom. The smallest absolute Gasteiger partial charge is 0.269 e. The average Bonchev–Trinajstić information content (AvgIpc) is 2.93. The van der Waals surface area contributed by atoms with E-state index >= 15 is 0 Å². The molecule has 124 valence electrons. The minimum absolute atomic E-state index is 0.0820. The van der Waals surface area contributed by atoms with E-state index in [2.05, 4.69) is 17.1 Å². The Bertz CT molecular complexity index is 617. The number of benzene rings is 1. The van der Waals surface area contributed by atoms with E-state index in [0.29, 0.717) is 12.3 Å². The van der Waals surface area contributed by atoms with Crippen LogP contribution in [-0.2, 0) is 13.0 Å². The van der Waals surface area contributed by atoms with Crippen molar-refractivity contribution in [3.05, 3.63) is 45.8 Å². The molecule has 1 aromatic heterocycles. The van der Waals surface area contributed by atoms with Crippen LogP contribution in [0.3, 0.4) is 0 Å². The van der Waals surface area contributed by atoms with Gasteiger partial charge in [-0.15, -0.1) is 10.2 Å². The van der Waals surface area contributed by atoms with E-state index in [1.807, 2.05) is 4.57 Å². The van der Waals surface area contributed by atoms with E-state index in [0.717, 1.165) is 35.8 Å². The molecule has 0 atom stereocenters. The van der Waals surface area contributed by atoms with Gasteiger partial charge in [-0.05, 0) is 12.0 Å². The summed E-state index contributed by atoms with van der Waals surface area (Å²) >= 11 is 1.46. The van der Waals surface area contributed by atoms with Crippen molar-refractivity contribution in [3.8, 4) is 0 Å². The second kappa shape index (κ2) is 8.64. The molecule has 7 nitrogen and oxygen atoms in total. The molecule has 2 rings (SSSR count). The van der Waals surface area contributed by atoms with Gasteiger partial charge in [-0.2, -0.15) is 0 Å². The lowest BCUT2D eigenvalue weighted by atomic mass is 10.2. The van der Waals surface area contributed by atoms with Crippen LogP contribution >= 0.6 is 11.8 Å². The highest BCUT2D eigenvalue weighted by molar-refractivity contribution is 7.99. The average molecular weight is 336 g/mol. The van der Waals surface area contributed by atoms with Crippen LogP contribution in [0.5, 0.6) is 0 Å². The monoisotopic (exact) mass is 336 g/mol. The third-order valence-corrected chi connectivity index (χ3v) is 4.30. The molecule has 0 unspecified atom stereocenters. The second-order valence-electron chi connectivity index (χ2n) is 5.08. The Hall–Kier alpha value is -1.93. The Morgan fingerprint density at radius 1 is 1.30 bits per heavy atom. The fourth-order valence-electron chi connectivity index (χ4n) is 2.15. The standard InChI is InChI=1S/C15H20N4O3S/c1-2-3-4-14-16-17-15(23-10-9-20)18(14)11-12-5-7-13(8-6-12)19(21)22/h5-8,20H,2-4,9-11H2,1H3. The number of nitro benzene ring substituents is 1. The molecule has 0 spiro atoms. The van der Waals surface area contributed by atoms with Crippen LogP contribution in [0.25, 0.3) is 0 Å². The molecule has 0 amide bonds. The molecular weight excluding hydrogens is 316 g/mol. The summed E-state index contributed by atoms with van der Waals surface area (Å²) < 4.78 is 2.02. The molecule has 1 heterocycles. The highest BCUT2D eigenvalue weighted by Crippen LogP contribution is 2.20. The van der Waals surface area contributed by atoms with Crippen molar-refractivity contribution in [1.29, 1.82) is 0 Å². The number of unbranched alkanes of at least 4 members (excludes halogenated alkanes) is 1. The zero-order valence-corrected chi connectivity index (χ0v) is 13.8. The van der Waals surface area contributed by atoms with Crippen molar-refractivity contribution in [2.75, 3.05) is 12.4 Å². The molecule has 1 aromatic carbocycles. The van der Waals surface area contributed by atoms with Crippen LogP contribution in [0.15, 0.2) is 29.4 Å². The van der Waals surface area contributed by atoms with Gasteiger partial charge < -0.3 is 9.67 Å². The Labute approximate surface area is 138 Å². The summed E-state index contributed by atoms with van der Waals surface area (Å²) in [5.74, 6) is 1.47. The number of aliphatic hydroxyl groups excluding tert-OH is 1. The van der Waals surface area contributed by atoms with Crippen LogP contribution in [0.1, 0.15) is 31.2 Å². The number of non-ortho nitro benzene ring substituents is 1. The van der Waals surface area contributed by atoms with E-state index in [9.17, 15) is 10.1 Å². The van der Waals surface area contributed by atoms with Crippen molar-refractivity contribution < 1.29 is 10.0 Å². The number of aromatic nitrogens is 3. The lowest BCUT2D eigenvalue weighted by Crippen LogP contribution is -2.07. The minimum atomic E-state index is -0.405. The first-order chi connectivity index (χ1) is 11.2. The van der Waals surface area contributed by atoms with Crippen molar-refractivity contribution >= 4 is 17.4 Å². The summed E-state index contributed by atoms with van der Waals surface area (Å²) in [6.07, 6.45) is 2.95. The SMILES string of the molecule is CCCCc1nnc(SCCO)n1Cc1ccc([N+](=O)[O-])cc1. The molecule has 0 fully saturated rings. The van der Waals surface area contributed by atoms with Gasteiger partial charge in [0.05, 0.1) is 18.1 Å². The molecule has 0 saturated heterocycles. The maximum atomic E-state index is 10.7. The van der Waals surface area contributed by atoms with Crippen molar-refractivity contribution in [2.24, 2.45) is 0 Å². The summed E-state index contributed by atoms with van der Waals surface area (Å²) in [6, 6.07) is 6.52. The molecule has 2 aromatic rings. The summed E-state index contributed by atoms with van der Waals surface area (Å²) in [5, 5.41) is 28.9. The number of hydrogen-bond donors (Lipinski definition) is 1. The fourth-order valence-corrected chi connectivity index (χ4v) is 2.85. The number of aliphatic hydroxyl groups is 1. The summed E-state index contributed by atoms with van der Waals surface area (Å²) in [6.45, 7) is 2.77. The van der Waals surface area contributed by atoms with Gasteiger partial charge in [0.2, 0.25) is 0 Å². The Kier molecular flexibility index (Phi) is 6.54. The third kappa shape index (κ3) is 4.77. The van der Waals surface area contributed by atoms with Crippen molar-refractivity contribution in [1.82, 2.24) is 14.8 Å². The zero-order valence-electron chi connectivity index (χ0n) is 13.0. The first kappa shape index (κ1) is 17.4. The zero-order chi connectivity index (χ0) is 16.7. The summed E-state index contributed by atoms with van der Waals surface area (Å²) in [7, 11) is 0. The maximum absolute atomic E-state index is 10.7. The molecular formula is C15H20N4O3S. The van der Waals surface area contributed by atoms with Gasteiger partial charge in [-0.3, -0.25) is 10.1 Å². The highest BCUT2D eigenvalue weighted by atomic mass is 32.2. The van der Waals surface area contributed by atoms with Gasteiger partial charge in [-0.25, -0.2) is 0 Å². The van der Waals surface area contributed by atoms with Gasteiger partial charge in [0.15, 0.2) is 5.16 Å². The first-order valence-corrected chi connectivity index (χ1v) is 8.53. The number of thioether (sulfide) groups is 1. The molecule has 23 heavy (non-hydrogen) atoms. The summed E-state index contributed by atoms with van der Waals surface area (Å²) in [4.78, 5) is 10.3. The Morgan fingerprint density at radius 3 is 2.65 bits per heavy atom. The largest absolute Gasteiger partial charge is 0.396 e. The first-order valence-electron chi connectivity index (χ1n) is 7.54. The van der Waals surface area contributed by atoms with Crippen molar-refractivity contribution in [3.63, 3.8) is 0 Å².